The highest BCUT2D eigenvalue weighted by Gasteiger charge is 2.25. The lowest BCUT2D eigenvalue weighted by molar-refractivity contribution is 0.0376. The van der Waals surface area contributed by atoms with Gasteiger partial charge in [-0.25, -0.2) is 4.98 Å². The summed E-state index contributed by atoms with van der Waals surface area (Å²) in [7, 11) is 1.61. The predicted octanol–water partition coefficient (Wildman–Crippen LogP) is 5.25. The number of para-hydroxylation sites is 1. The van der Waals surface area contributed by atoms with Gasteiger partial charge < -0.3 is 9.47 Å². The molecule has 34 heavy (non-hydrogen) atoms. The number of ether oxygens (including phenoxy) is 2. The number of nitrogens with zero attached hydrogens (tertiary/aromatic N) is 3. The molecule has 4 aromatic rings. The van der Waals surface area contributed by atoms with E-state index in [-0.39, 0.29) is 18.3 Å². The molecule has 1 aromatic heterocycles. The monoisotopic (exact) mass is 497 g/mol. The number of amides is 1. The molecule has 2 heterocycles. The van der Waals surface area contributed by atoms with Crippen LogP contribution in [0.1, 0.15) is 16.8 Å². The van der Waals surface area contributed by atoms with Gasteiger partial charge in [0, 0.05) is 26.2 Å². The van der Waals surface area contributed by atoms with Gasteiger partial charge in [-0.1, -0.05) is 47.7 Å². The summed E-state index contributed by atoms with van der Waals surface area (Å²) in [5, 5.41) is 2.78. The number of carbonyl (C=O) groups excluding carboxylic acids is 1. The Bertz CT molecular complexity index is 1240. The van der Waals surface area contributed by atoms with Gasteiger partial charge in [0.1, 0.15) is 5.75 Å². The maximum absolute atomic E-state index is 13.9. The van der Waals surface area contributed by atoms with Crippen molar-refractivity contribution in [3.8, 4) is 5.75 Å². The van der Waals surface area contributed by atoms with Crippen molar-refractivity contribution in [3.63, 3.8) is 0 Å². The predicted molar refractivity (Wildman–Crippen MR) is 141 cm³/mol. The van der Waals surface area contributed by atoms with Gasteiger partial charge in [0.2, 0.25) is 0 Å². The molecule has 0 aliphatic carbocycles. The highest BCUT2D eigenvalue weighted by atomic mass is 35.5. The van der Waals surface area contributed by atoms with Crippen LogP contribution >= 0.6 is 23.7 Å². The maximum Gasteiger partial charge on any atom is 0.263 e. The van der Waals surface area contributed by atoms with Crippen LogP contribution in [0.5, 0.6) is 5.75 Å². The van der Waals surface area contributed by atoms with Gasteiger partial charge in [0.05, 0.1) is 36.1 Å². The Hall–Kier alpha value is -2.71. The van der Waals surface area contributed by atoms with E-state index in [1.165, 1.54) is 0 Å². The van der Waals surface area contributed by atoms with E-state index >= 15 is 0 Å². The van der Waals surface area contributed by atoms with Crippen molar-refractivity contribution in [2.45, 2.75) is 6.42 Å². The molecule has 0 unspecified atom stereocenters. The van der Waals surface area contributed by atoms with Gasteiger partial charge in [-0.3, -0.25) is 14.6 Å². The molecule has 0 atom stereocenters. The Morgan fingerprint density at radius 3 is 2.53 bits per heavy atom. The Kier molecular flexibility index (Phi) is 8.00. The lowest BCUT2D eigenvalue weighted by Gasteiger charge is -2.28. The van der Waals surface area contributed by atoms with E-state index in [4.69, 9.17) is 14.5 Å². The molecule has 0 spiro atoms. The van der Waals surface area contributed by atoms with Crippen LogP contribution in [0.3, 0.4) is 0 Å². The summed E-state index contributed by atoms with van der Waals surface area (Å²) in [4.78, 5) is 22.9. The van der Waals surface area contributed by atoms with Crippen molar-refractivity contribution in [3.05, 3.63) is 66.2 Å². The fraction of sp³-hybridized carbons (Fsp3) is 0.308. The van der Waals surface area contributed by atoms with E-state index in [9.17, 15) is 4.79 Å². The number of thiazole rings is 1. The fourth-order valence-corrected chi connectivity index (χ4v) is 5.23. The minimum absolute atomic E-state index is 0. The van der Waals surface area contributed by atoms with E-state index < -0.39 is 0 Å². The second-order valence-corrected chi connectivity index (χ2v) is 9.14. The maximum atomic E-state index is 13.9. The first-order valence-corrected chi connectivity index (χ1v) is 12.1. The molecule has 1 amide bonds. The molecular formula is C26H28ClN3O3S. The summed E-state index contributed by atoms with van der Waals surface area (Å²) < 4.78 is 12.2. The zero-order valence-corrected chi connectivity index (χ0v) is 20.7. The number of hydrogen-bond donors (Lipinski definition) is 0. The third-order valence-corrected chi connectivity index (χ3v) is 7.08. The lowest BCUT2D eigenvalue weighted by Crippen LogP contribution is -2.39. The first kappa shape index (κ1) is 24.4. The van der Waals surface area contributed by atoms with Gasteiger partial charge in [-0.2, -0.15) is 0 Å². The van der Waals surface area contributed by atoms with Gasteiger partial charge >= 0.3 is 0 Å². The zero-order valence-electron chi connectivity index (χ0n) is 19.1. The third-order valence-electron chi connectivity index (χ3n) is 6.02. The van der Waals surface area contributed by atoms with Crippen LogP contribution in [0, 0.1) is 0 Å². The van der Waals surface area contributed by atoms with Crippen LogP contribution in [0.4, 0.5) is 5.13 Å². The summed E-state index contributed by atoms with van der Waals surface area (Å²) in [5.41, 5.74) is 1.47. The molecule has 1 aliphatic heterocycles. The lowest BCUT2D eigenvalue weighted by atomic mass is 10.0. The number of benzene rings is 3. The van der Waals surface area contributed by atoms with E-state index in [0.29, 0.717) is 17.9 Å². The molecule has 178 valence electrons. The fourth-order valence-electron chi connectivity index (χ4n) is 4.24. The van der Waals surface area contributed by atoms with Crippen molar-refractivity contribution in [1.29, 1.82) is 0 Å². The van der Waals surface area contributed by atoms with Gasteiger partial charge in [-0.15, -0.1) is 12.4 Å². The van der Waals surface area contributed by atoms with Crippen LogP contribution in [0.15, 0.2) is 60.7 Å². The molecule has 1 saturated heterocycles. The number of morpholine rings is 1. The highest BCUT2D eigenvalue weighted by molar-refractivity contribution is 7.22. The molecule has 6 nitrogen and oxygen atoms in total. The van der Waals surface area contributed by atoms with Crippen LogP contribution in [0.25, 0.3) is 21.0 Å². The number of aromatic nitrogens is 1. The van der Waals surface area contributed by atoms with E-state index in [2.05, 4.69) is 4.90 Å². The summed E-state index contributed by atoms with van der Waals surface area (Å²) in [6, 6.07) is 19.9. The van der Waals surface area contributed by atoms with Crippen molar-refractivity contribution in [1.82, 2.24) is 9.88 Å². The largest absolute Gasteiger partial charge is 0.496 e. The van der Waals surface area contributed by atoms with Crippen molar-refractivity contribution in [2.75, 3.05) is 51.4 Å². The molecule has 1 fully saturated rings. The number of methoxy groups -OCH3 is 1. The van der Waals surface area contributed by atoms with Crippen LogP contribution in [-0.2, 0) is 4.74 Å². The molecule has 0 bridgehead atoms. The number of anilines is 1. The summed E-state index contributed by atoms with van der Waals surface area (Å²) >= 11 is 1.55. The topological polar surface area (TPSA) is 54.9 Å². The van der Waals surface area contributed by atoms with Crippen LogP contribution < -0.4 is 9.64 Å². The highest BCUT2D eigenvalue weighted by Crippen LogP contribution is 2.32. The smallest absolute Gasteiger partial charge is 0.263 e. The van der Waals surface area contributed by atoms with E-state index in [0.717, 1.165) is 65.4 Å². The van der Waals surface area contributed by atoms with Crippen LogP contribution in [0.2, 0.25) is 0 Å². The second-order valence-electron chi connectivity index (χ2n) is 8.13. The number of halogens is 1. The van der Waals surface area contributed by atoms with Gasteiger partial charge in [-0.05, 0) is 41.5 Å². The molecule has 1 aliphatic rings. The minimum Gasteiger partial charge on any atom is -0.496 e. The SMILES string of the molecule is COc1cc2ccccc2cc1C(=O)N(CCCN1CCOCC1)c1nc2ccccc2s1.Cl. The van der Waals surface area contributed by atoms with Gasteiger partial charge in [0.25, 0.3) is 5.91 Å². The van der Waals surface area contributed by atoms with E-state index in [1.807, 2.05) is 65.6 Å². The molecular weight excluding hydrogens is 470 g/mol. The van der Waals surface area contributed by atoms with Gasteiger partial charge in [0.15, 0.2) is 5.13 Å². The first-order chi connectivity index (χ1) is 16.2. The minimum atomic E-state index is -0.0846. The summed E-state index contributed by atoms with van der Waals surface area (Å²) in [6.45, 7) is 4.93. The Labute approximate surface area is 209 Å². The Balaban J connectivity index is 0.00000274. The quantitative estimate of drug-likeness (QED) is 0.349. The van der Waals surface area contributed by atoms with E-state index in [1.54, 1.807) is 18.4 Å². The second kappa shape index (κ2) is 11.1. The average Bonchev–Trinajstić information content (AvgIpc) is 3.30. The number of fused-ring (bicyclic) bond motifs is 2. The molecule has 0 N–H and O–H groups in total. The Morgan fingerprint density at radius 1 is 1.09 bits per heavy atom. The molecule has 0 saturated carbocycles. The average molecular weight is 498 g/mol. The third kappa shape index (κ3) is 5.18. The molecule has 0 radical (unpaired) electrons. The number of hydrogen-bond acceptors (Lipinski definition) is 6. The number of carbonyl (C=O) groups is 1. The van der Waals surface area contributed by atoms with Crippen molar-refractivity contribution < 1.29 is 14.3 Å². The summed E-state index contributed by atoms with van der Waals surface area (Å²) in [5.74, 6) is 0.497. The Morgan fingerprint density at radius 2 is 1.79 bits per heavy atom. The standard InChI is InChI=1S/C26H27N3O3S.ClH/c1-31-23-18-20-8-3-2-7-19(20)17-21(23)25(30)29(12-6-11-28-13-15-32-16-14-28)26-27-22-9-4-5-10-24(22)33-26;/h2-5,7-10,17-18H,6,11-16H2,1H3;1H. The van der Waals surface area contributed by atoms with Crippen LogP contribution in [-0.4, -0.2) is 62.3 Å². The normalized spacial score (nSPS) is 14.1. The zero-order chi connectivity index (χ0) is 22.6. The number of rotatable bonds is 7. The molecule has 3 aromatic carbocycles. The first-order valence-electron chi connectivity index (χ1n) is 11.3. The van der Waals surface area contributed by atoms with Crippen molar-refractivity contribution in [2.24, 2.45) is 0 Å². The molecule has 8 heteroatoms. The molecule has 5 rings (SSSR count). The summed E-state index contributed by atoms with van der Waals surface area (Å²) in [6.07, 6.45) is 0.859. The van der Waals surface area contributed by atoms with Crippen molar-refractivity contribution >= 4 is 55.8 Å².